The van der Waals surface area contributed by atoms with Crippen molar-refractivity contribution >= 4 is 5.65 Å². The minimum absolute atomic E-state index is 0.574. The molecule has 0 atom stereocenters. The van der Waals surface area contributed by atoms with Gasteiger partial charge in [-0.15, -0.1) is 0 Å². The van der Waals surface area contributed by atoms with E-state index in [1.165, 1.54) is 6.33 Å². The predicted molar refractivity (Wildman–Crippen MR) is 95.3 cm³/mol. The van der Waals surface area contributed by atoms with Gasteiger partial charge >= 0.3 is 0 Å². The fourth-order valence-electron chi connectivity index (χ4n) is 2.86. The molecular formula is C18H18N6O2. The van der Waals surface area contributed by atoms with Crippen molar-refractivity contribution in [3.05, 3.63) is 54.4 Å². The first kappa shape index (κ1) is 16.4. The lowest BCUT2D eigenvalue weighted by molar-refractivity contribution is -0.111. The summed E-state index contributed by atoms with van der Waals surface area (Å²) in [5, 5.41) is 4.13. The summed E-state index contributed by atoms with van der Waals surface area (Å²) < 4.78 is 12.4. The number of fused-ring (bicyclic) bond motifs is 1. The topological polar surface area (TPSA) is 90.2 Å². The number of aromatic amines is 1. The Labute approximate surface area is 149 Å². The van der Waals surface area contributed by atoms with Gasteiger partial charge < -0.3 is 14.5 Å². The van der Waals surface area contributed by atoms with Crippen LogP contribution in [-0.2, 0) is 9.47 Å². The molecule has 0 saturated carbocycles. The lowest BCUT2D eigenvalue weighted by Crippen LogP contribution is -2.05. The first-order chi connectivity index (χ1) is 12.7. The number of hydrogen-bond donors (Lipinski definition) is 1. The first-order valence-electron chi connectivity index (χ1n) is 8.09. The Bertz CT molecular complexity index is 1050. The minimum Gasteiger partial charge on any atom is -0.349 e. The van der Waals surface area contributed by atoms with Gasteiger partial charge in [0.25, 0.3) is 0 Å². The maximum Gasteiger partial charge on any atom is 0.216 e. The van der Waals surface area contributed by atoms with E-state index >= 15 is 0 Å². The van der Waals surface area contributed by atoms with Gasteiger partial charge in [0.15, 0.2) is 11.5 Å². The normalized spacial score (nSPS) is 11.5. The monoisotopic (exact) mass is 350 g/mol. The molecule has 0 aliphatic rings. The second-order valence-corrected chi connectivity index (χ2v) is 5.79. The molecule has 8 heteroatoms. The first-order valence-corrected chi connectivity index (χ1v) is 8.09. The van der Waals surface area contributed by atoms with Crippen LogP contribution in [0.3, 0.4) is 0 Å². The van der Waals surface area contributed by atoms with E-state index in [0.29, 0.717) is 5.82 Å². The molecule has 8 nitrogen and oxygen atoms in total. The number of aryl methyl sites for hydroxylation is 1. The van der Waals surface area contributed by atoms with Crippen LogP contribution in [0.25, 0.3) is 28.3 Å². The number of rotatable bonds is 5. The third kappa shape index (κ3) is 2.85. The Balaban J connectivity index is 1.90. The number of methoxy groups -OCH3 is 2. The fraction of sp³-hybridized carbons (Fsp3) is 0.222. The molecule has 0 radical (unpaired) electrons. The van der Waals surface area contributed by atoms with E-state index in [1.807, 2.05) is 43.5 Å². The molecule has 26 heavy (non-hydrogen) atoms. The number of hydrogen-bond acceptors (Lipinski definition) is 6. The molecule has 0 bridgehead atoms. The number of pyridine rings is 2. The van der Waals surface area contributed by atoms with Crippen LogP contribution in [0.1, 0.15) is 17.8 Å². The molecule has 132 valence electrons. The number of nitrogens with one attached hydrogen (secondary N) is 1. The summed E-state index contributed by atoms with van der Waals surface area (Å²) in [4.78, 5) is 16.9. The molecule has 4 aromatic heterocycles. The van der Waals surface area contributed by atoms with Crippen molar-refractivity contribution in [1.29, 1.82) is 0 Å². The van der Waals surface area contributed by atoms with Crippen LogP contribution in [0.5, 0.6) is 0 Å². The zero-order chi connectivity index (χ0) is 18.1. The lowest BCUT2D eigenvalue weighted by atomic mass is 10.1. The van der Waals surface area contributed by atoms with Gasteiger partial charge in [-0.25, -0.2) is 14.5 Å². The van der Waals surface area contributed by atoms with E-state index in [4.69, 9.17) is 14.5 Å². The van der Waals surface area contributed by atoms with Gasteiger partial charge in [0.1, 0.15) is 6.33 Å². The average molecular weight is 350 g/mol. The summed E-state index contributed by atoms with van der Waals surface area (Å²) in [6.45, 7) is 1.95. The van der Waals surface area contributed by atoms with E-state index in [2.05, 4.69) is 20.1 Å². The second kappa shape index (κ2) is 6.66. The zero-order valence-corrected chi connectivity index (χ0v) is 14.7. The summed E-state index contributed by atoms with van der Waals surface area (Å²) in [6, 6.07) is 9.73. The van der Waals surface area contributed by atoms with Crippen LogP contribution in [0, 0.1) is 6.92 Å². The smallest absolute Gasteiger partial charge is 0.216 e. The average Bonchev–Trinajstić information content (AvgIpc) is 3.29. The molecular weight excluding hydrogens is 332 g/mol. The quantitative estimate of drug-likeness (QED) is 0.557. The van der Waals surface area contributed by atoms with Crippen LogP contribution in [0.4, 0.5) is 0 Å². The number of nitrogens with zero attached hydrogens (tertiary/aromatic N) is 5. The largest absolute Gasteiger partial charge is 0.349 e. The van der Waals surface area contributed by atoms with Crippen LogP contribution >= 0.6 is 0 Å². The van der Waals surface area contributed by atoms with Gasteiger partial charge in [0.05, 0.1) is 17.1 Å². The highest BCUT2D eigenvalue weighted by molar-refractivity contribution is 5.78. The lowest BCUT2D eigenvalue weighted by Gasteiger charge is -2.09. The highest BCUT2D eigenvalue weighted by Crippen LogP contribution is 2.31. The molecule has 4 heterocycles. The summed E-state index contributed by atoms with van der Waals surface area (Å²) in [7, 11) is 3.15. The van der Waals surface area contributed by atoms with Gasteiger partial charge in [-0.05, 0) is 31.2 Å². The zero-order valence-electron chi connectivity index (χ0n) is 14.7. The summed E-state index contributed by atoms with van der Waals surface area (Å²) in [5.74, 6) is 0.574. The third-order valence-electron chi connectivity index (χ3n) is 4.07. The van der Waals surface area contributed by atoms with Gasteiger partial charge in [0.2, 0.25) is 6.29 Å². The molecule has 0 aliphatic heterocycles. The van der Waals surface area contributed by atoms with Crippen LogP contribution in [-0.4, -0.2) is 43.8 Å². The van der Waals surface area contributed by atoms with Gasteiger partial charge in [-0.3, -0.25) is 4.98 Å². The summed E-state index contributed by atoms with van der Waals surface area (Å²) >= 11 is 0. The van der Waals surface area contributed by atoms with Crippen molar-refractivity contribution in [3.8, 4) is 22.6 Å². The second-order valence-electron chi connectivity index (χ2n) is 5.79. The van der Waals surface area contributed by atoms with Gasteiger partial charge in [0, 0.05) is 31.7 Å². The van der Waals surface area contributed by atoms with Gasteiger partial charge in [-0.1, -0.05) is 6.07 Å². The van der Waals surface area contributed by atoms with E-state index in [-0.39, 0.29) is 0 Å². The SMILES string of the molecule is COC(OC)c1nc(-c2ccn3ncnc3c2)c(-c2cccc(C)n2)[nH]1. The van der Waals surface area contributed by atoms with E-state index in [0.717, 1.165) is 34.0 Å². The molecule has 0 aromatic carbocycles. The Morgan fingerprint density at radius 3 is 2.73 bits per heavy atom. The molecule has 0 amide bonds. The van der Waals surface area contributed by atoms with Crippen molar-refractivity contribution in [1.82, 2.24) is 29.5 Å². The standard InChI is InChI=1S/C18H18N6O2/c1-11-5-4-6-13(21-11)16-15(22-17(23-16)18(25-2)26-3)12-7-8-24-14(9-12)19-10-20-24/h4-10,18H,1-3H3,(H,22,23). The Kier molecular flexibility index (Phi) is 4.19. The highest BCUT2D eigenvalue weighted by atomic mass is 16.7. The maximum absolute atomic E-state index is 5.34. The molecule has 0 saturated heterocycles. The van der Waals surface area contributed by atoms with Crippen molar-refractivity contribution < 1.29 is 9.47 Å². The Hall–Kier alpha value is -3.10. The summed E-state index contributed by atoms with van der Waals surface area (Å²) in [5.41, 5.74) is 4.91. The molecule has 0 aliphatic carbocycles. The molecule has 1 N–H and O–H groups in total. The fourth-order valence-corrected chi connectivity index (χ4v) is 2.86. The summed E-state index contributed by atoms with van der Waals surface area (Å²) in [6.07, 6.45) is 2.78. The number of ether oxygens (including phenoxy) is 2. The number of imidazole rings is 1. The maximum atomic E-state index is 5.34. The van der Waals surface area contributed by atoms with Crippen LogP contribution in [0.2, 0.25) is 0 Å². The molecule has 4 rings (SSSR count). The van der Waals surface area contributed by atoms with E-state index in [1.54, 1.807) is 18.7 Å². The van der Waals surface area contributed by atoms with Crippen molar-refractivity contribution in [2.75, 3.05) is 14.2 Å². The third-order valence-corrected chi connectivity index (χ3v) is 4.07. The van der Waals surface area contributed by atoms with Crippen LogP contribution in [0.15, 0.2) is 42.9 Å². The van der Waals surface area contributed by atoms with Crippen LogP contribution < -0.4 is 0 Å². The minimum atomic E-state index is -0.593. The Morgan fingerprint density at radius 2 is 1.96 bits per heavy atom. The van der Waals surface area contributed by atoms with E-state index < -0.39 is 6.29 Å². The van der Waals surface area contributed by atoms with E-state index in [9.17, 15) is 0 Å². The number of aromatic nitrogens is 6. The highest BCUT2D eigenvalue weighted by Gasteiger charge is 2.21. The number of H-pyrrole nitrogens is 1. The van der Waals surface area contributed by atoms with Crippen molar-refractivity contribution in [3.63, 3.8) is 0 Å². The van der Waals surface area contributed by atoms with Crippen molar-refractivity contribution in [2.24, 2.45) is 0 Å². The Morgan fingerprint density at radius 1 is 1.12 bits per heavy atom. The predicted octanol–water partition coefficient (Wildman–Crippen LogP) is 2.78. The van der Waals surface area contributed by atoms with Gasteiger partial charge in [-0.2, -0.15) is 5.10 Å². The molecule has 0 unspecified atom stereocenters. The van der Waals surface area contributed by atoms with Crippen molar-refractivity contribution in [2.45, 2.75) is 13.2 Å². The molecule has 0 fully saturated rings. The molecule has 0 spiro atoms. The molecule has 4 aromatic rings.